The second-order valence-electron chi connectivity index (χ2n) is 6.42. The fourth-order valence-corrected chi connectivity index (χ4v) is 5.82. The molecule has 0 unspecified atom stereocenters. The minimum absolute atomic E-state index is 0.194. The number of amides is 2. The minimum atomic E-state index is -0.207. The van der Waals surface area contributed by atoms with Gasteiger partial charge in [0.2, 0.25) is 0 Å². The molecule has 0 radical (unpaired) electrons. The van der Waals surface area contributed by atoms with Crippen molar-refractivity contribution < 1.29 is 14.3 Å². The van der Waals surface area contributed by atoms with E-state index >= 15 is 0 Å². The second kappa shape index (κ2) is 9.62. The van der Waals surface area contributed by atoms with E-state index < -0.39 is 0 Å². The van der Waals surface area contributed by atoms with Crippen LogP contribution in [0.5, 0.6) is 5.75 Å². The van der Waals surface area contributed by atoms with Gasteiger partial charge in [-0.1, -0.05) is 36.8 Å². The van der Waals surface area contributed by atoms with Gasteiger partial charge in [0, 0.05) is 6.54 Å². The summed E-state index contributed by atoms with van der Waals surface area (Å²) in [5.41, 5.74) is 3.22. The average Bonchev–Trinajstić information content (AvgIpc) is 2.89. The van der Waals surface area contributed by atoms with Crippen LogP contribution < -0.4 is 4.74 Å². The molecule has 2 aromatic rings. The Kier molecular flexibility index (Phi) is 7.43. The summed E-state index contributed by atoms with van der Waals surface area (Å²) in [5, 5.41) is -0.194. The lowest BCUT2D eigenvalue weighted by Gasteiger charge is -2.12. The summed E-state index contributed by atoms with van der Waals surface area (Å²) < 4.78 is 7.99. The molecular weight excluding hydrogens is 600 g/mol. The van der Waals surface area contributed by atoms with Crippen LogP contribution in [0.2, 0.25) is 0 Å². The van der Waals surface area contributed by atoms with Crippen LogP contribution in [0.4, 0.5) is 4.79 Å². The van der Waals surface area contributed by atoms with E-state index in [0.29, 0.717) is 18.1 Å². The molecule has 1 aliphatic heterocycles. The van der Waals surface area contributed by atoms with E-state index in [1.54, 1.807) is 6.08 Å². The fraction of sp³-hybridized carbons (Fsp3) is 0.238. The first-order chi connectivity index (χ1) is 13.4. The average molecular weight is 619 g/mol. The van der Waals surface area contributed by atoms with Crippen molar-refractivity contribution in [3.8, 4) is 5.75 Å². The van der Waals surface area contributed by atoms with Gasteiger partial charge in [0.05, 0.1) is 12.0 Å². The van der Waals surface area contributed by atoms with Crippen molar-refractivity contribution in [3.05, 3.63) is 65.1 Å². The van der Waals surface area contributed by atoms with Gasteiger partial charge in [-0.2, -0.15) is 0 Å². The first-order valence-corrected chi connectivity index (χ1v) is 11.8. The molecule has 1 aliphatic rings. The van der Waals surface area contributed by atoms with Crippen LogP contribution in [0.1, 0.15) is 30.0 Å². The lowest BCUT2D eigenvalue weighted by molar-refractivity contribution is -0.122. The summed E-state index contributed by atoms with van der Waals surface area (Å²) in [4.78, 5) is 26.2. The zero-order valence-electron chi connectivity index (χ0n) is 15.5. The standard InChI is InChI=1S/C21H19I2NO3S/c1-3-7-24-20(25)18(28-21(24)26)11-15-9-16(22)19(17(23)10-15)27-12-14-6-4-5-13(2)8-14/h4-6,8-11H,3,7,12H2,1-2H3/b18-11+. The van der Waals surface area contributed by atoms with Gasteiger partial charge in [0.15, 0.2) is 0 Å². The van der Waals surface area contributed by atoms with Crippen LogP contribution in [-0.4, -0.2) is 22.6 Å². The van der Waals surface area contributed by atoms with Crippen LogP contribution in [0, 0.1) is 14.1 Å². The number of carbonyl (C=O) groups excluding carboxylic acids is 2. The Balaban J connectivity index is 1.78. The largest absolute Gasteiger partial charge is 0.487 e. The molecule has 0 spiro atoms. The van der Waals surface area contributed by atoms with Gasteiger partial charge in [0.1, 0.15) is 12.4 Å². The van der Waals surface area contributed by atoms with Gasteiger partial charge in [-0.3, -0.25) is 14.5 Å². The third kappa shape index (κ3) is 5.10. The molecule has 2 amide bonds. The van der Waals surface area contributed by atoms with E-state index in [1.807, 2.05) is 31.2 Å². The minimum Gasteiger partial charge on any atom is -0.487 e. The third-order valence-corrected chi connectivity index (χ3v) is 6.61. The lowest BCUT2D eigenvalue weighted by atomic mass is 10.1. The Morgan fingerprint density at radius 1 is 1.14 bits per heavy atom. The first-order valence-electron chi connectivity index (χ1n) is 8.81. The first kappa shape index (κ1) is 21.6. The second-order valence-corrected chi connectivity index (χ2v) is 9.74. The highest BCUT2D eigenvalue weighted by Crippen LogP contribution is 2.35. The molecule has 28 heavy (non-hydrogen) atoms. The molecule has 2 aromatic carbocycles. The molecule has 1 saturated heterocycles. The van der Waals surface area contributed by atoms with Crippen LogP contribution in [0.25, 0.3) is 6.08 Å². The molecule has 146 valence electrons. The van der Waals surface area contributed by atoms with Crippen molar-refractivity contribution in [1.29, 1.82) is 0 Å². The van der Waals surface area contributed by atoms with E-state index in [9.17, 15) is 9.59 Å². The van der Waals surface area contributed by atoms with Gasteiger partial charge in [-0.25, -0.2) is 0 Å². The predicted molar refractivity (Wildman–Crippen MR) is 130 cm³/mol. The Bertz CT molecular complexity index is 935. The molecule has 1 fully saturated rings. The maximum Gasteiger partial charge on any atom is 0.293 e. The van der Waals surface area contributed by atoms with Gasteiger partial charge < -0.3 is 4.74 Å². The number of halogens is 2. The number of rotatable bonds is 6. The van der Waals surface area contributed by atoms with Crippen molar-refractivity contribution in [1.82, 2.24) is 4.90 Å². The van der Waals surface area contributed by atoms with E-state index in [-0.39, 0.29) is 11.1 Å². The van der Waals surface area contributed by atoms with Crippen molar-refractivity contribution in [2.45, 2.75) is 26.9 Å². The molecule has 0 atom stereocenters. The highest BCUT2D eigenvalue weighted by Gasteiger charge is 2.34. The molecule has 0 bridgehead atoms. The molecule has 3 rings (SSSR count). The zero-order chi connectivity index (χ0) is 20.3. The molecule has 0 aromatic heterocycles. The number of hydrogen-bond acceptors (Lipinski definition) is 4. The number of imide groups is 1. The van der Waals surface area contributed by atoms with Gasteiger partial charge >= 0.3 is 0 Å². The molecule has 4 nitrogen and oxygen atoms in total. The number of nitrogens with zero attached hydrogens (tertiary/aromatic N) is 1. The van der Waals surface area contributed by atoms with E-state index in [1.165, 1.54) is 10.5 Å². The van der Waals surface area contributed by atoms with Gasteiger partial charge in [0.25, 0.3) is 11.1 Å². The predicted octanol–water partition coefficient (Wildman–Crippen LogP) is 6.23. The van der Waals surface area contributed by atoms with Crippen molar-refractivity contribution >= 4 is 74.2 Å². The molecule has 0 aliphatic carbocycles. The summed E-state index contributed by atoms with van der Waals surface area (Å²) >= 11 is 5.50. The Morgan fingerprint density at radius 3 is 2.50 bits per heavy atom. The summed E-state index contributed by atoms with van der Waals surface area (Å²) in [6.07, 6.45) is 2.54. The summed E-state index contributed by atoms with van der Waals surface area (Å²) in [5.74, 6) is 0.626. The number of aryl methyl sites for hydroxylation is 1. The summed E-state index contributed by atoms with van der Waals surface area (Å²) in [6.45, 7) is 4.98. The summed E-state index contributed by atoms with van der Waals surface area (Å²) in [6, 6.07) is 12.2. The smallest absolute Gasteiger partial charge is 0.293 e. The molecule has 0 N–H and O–H groups in total. The number of ether oxygens (including phenoxy) is 1. The van der Waals surface area contributed by atoms with Crippen molar-refractivity contribution in [3.63, 3.8) is 0 Å². The normalized spacial score (nSPS) is 15.6. The molecule has 1 heterocycles. The number of benzene rings is 2. The van der Waals surface area contributed by atoms with Crippen LogP contribution in [0.15, 0.2) is 41.3 Å². The number of hydrogen-bond donors (Lipinski definition) is 0. The van der Waals surface area contributed by atoms with E-state index in [2.05, 4.69) is 64.2 Å². The SMILES string of the molecule is CCCN1C(=O)S/C(=C/c2cc(I)c(OCc3cccc(C)c3)c(I)c2)C1=O. The maximum atomic E-state index is 12.4. The molecule has 0 saturated carbocycles. The monoisotopic (exact) mass is 619 g/mol. The highest BCUT2D eigenvalue weighted by molar-refractivity contribution is 14.1. The number of thioether (sulfide) groups is 1. The maximum absolute atomic E-state index is 12.4. The summed E-state index contributed by atoms with van der Waals surface area (Å²) in [7, 11) is 0. The van der Waals surface area contributed by atoms with Crippen LogP contribution in [-0.2, 0) is 11.4 Å². The van der Waals surface area contributed by atoms with Gasteiger partial charge in [-0.15, -0.1) is 0 Å². The van der Waals surface area contributed by atoms with Crippen LogP contribution >= 0.6 is 56.9 Å². The van der Waals surface area contributed by atoms with E-state index in [0.717, 1.165) is 42.2 Å². The molecule has 7 heteroatoms. The topological polar surface area (TPSA) is 46.6 Å². The quantitative estimate of drug-likeness (QED) is 0.285. The zero-order valence-corrected chi connectivity index (χ0v) is 20.6. The third-order valence-electron chi connectivity index (χ3n) is 4.10. The van der Waals surface area contributed by atoms with Crippen LogP contribution in [0.3, 0.4) is 0 Å². The lowest BCUT2D eigenvalue weighted by Crippen LogP contribution is -2.28. The Morgan fingerprint density at radius 2 is 1.86 bits per heavy atom. The van der Waals surface area contributed by atoms with Gasteiger partial charge in [-0.05, 0) is 99.6 Å². The Labute approximate surface area is 196 Å². The van der Waals surface area contributed by atoms with Crippen molar-refractivity contribution in [2.75, 3.05) is 6.54 Å². The van der Waals surface area contributed by atoms with E-state index in [4.69, 9.17) is 4.74 Å². The fourth-order valence-electron chi connectivity index (χ4n) is 2.83. The number of carbonyl (C=O) groups is 2. The Hall–Kier alpha value is -1.07. The highest BCUT2D eigenvalue weighted by atomic mass is 127. The van der Waals surface area contributed by atoms with Crippen molar-refractivity contribution in [2.24, 2.45) is 0 Å². The molecular formula is C21H19I2NO3S.